The number of methoxy groups -OCH3 is 1. The molecule has 104 valence electrons. The highest BCUT2D eigenvalue weighted by molar-refractivity contribution is 5.81. The maximum Gasteiger partial charge on any atom is 0.314 e. The molecule has 1 aromatic carbocycles. The summed E-state index contributed by atoms with van der Waals surface area (Å²) in [6.07, 6.45) is 3.90. The SMILES string of the molecule is COc1cc(C2(C(=O)O)CCCCC2)cc(F)c1C. The van der Waals surface area contributed by atoms with E-state index in [0.29, 0.717) is 29.7 Å². The Kier molecular flexibility index (Phi) is 3.78. The van der Waals surface area contributed by atoms with Crippen molar-refractivity contribution in [2.45, 2.75) is 44.4 Å². The Morgan fingerprint density at radius 1 is 1.32 bits per heavy atom. The predicted octanol–water partition coefficient (Wildman–Crippen LogP) is 3.43. The Morgan fingerprint density at radius 3 is 2.47 bits per heavy atom. The summed E-state index contributed by atoms with van der Waals surface area (Å²) in [5.74, 6) is -0.848. The summed E-state index contributed by atoms with van der Waals surface area (Å²) >= 11 is 0. The van der Waals surface area contributed by atoms with Crippen LogP contribution in [0.4, 0.5) is 4.39 Å². The van der Waals surface area contributed by atoms with Gasteiger partial charge in [-0.1, -0.05) is 19.3 Å². The average Bonchev–Trinajstić information content (AvgIpc) is 2.42. The molecule has 4 heteroatoms. The van der Waals surface area contributed by atoms with Crippen LogP contribution in [0.25, 0.3) is 0 Å². The molecule has 1 aliphatic carbocycles. The number of carboxylic acid groups (broad SMARTS) is 1. The van der Waals surface area contributed by atoms with E-state index in [1.165, 1.54) is 13.2 Å². The maximum atomic E-state index is 13.9. The monoisotopic (exact) mass is 266 g/mol. The number of hydrogen-bond donors (Lipinski definition) is 1. The van der Waals surface area contributed by atoms with Gasteiger partial charge in [-0.15, -0.1) is 0 Å². The standard InChI is InChI=1S/C15H19FO3/c1-10-12(16)8-11(9-13(10)19-2)15(14(17)18)6-4-3-5-7-15/h8-9H,3-7H2,1-2H3,(H,17,18). The van der Waals surface area contributed by atoms with Crippen molar-refractivity contribution in [3.05, 3.63) is 29.1 Å². The lowest BCUT2D eigenvalue weighted by molar-refractivity contribution is -0.145. The van der Waals surface area contributed by atoms with Crippen molar-refractivity contribution in [3.63, 3.8) is 0 Å². The molecule has 1 N–H and O–H groups in total. The largest absolute Gasteiger partial charge is 0.496 e. The zero-order chi connectivity index (χ0) is 14.0. The van der Waals surface area contributed by atoms with E-state index >= 15 is 0 Å². The molecule has 1 fully saturated rings. The molecule has 0 radical (unpaired) electrons. The fourth-order valence-electron chi connectivity index (χ4n) is 2.92. The molecule has 19 heavy (non-hydrogen) atoms. The molecule has 0 spiro atoms. The van der Waals surface area contributed by atoms with E-state index in [-0.39, 0.29) is 0 Å². The van der Waals surface area contributed by atoms with Crippen molar-refractivity contribution >= 4 is 5.97 Å². The second kappa shape index (κ2) is 5.19. The minimum atomic E-state index is -0.958. The van der Waals surface area contributed by atoms with Gasteiger partial charge in [0.05, 0.1) is 12.5 Å². The number of rotatable bonds is 3. The summed E-state index contributed by atoms with van der Waals surface area (Å²) in [5, 5.41) is 9.60. The van der Waals surface area contributed by atoms with Gasteiger partial charge in [-0.2, -0.15) is 0 Å². The van der Waals surface area contributed by atoms with Gasteiger partial charge in [0.25, 0.3) is 0 Å². The van der Waals surface area contributed by atoms with Crippen LogP contribution in [0.1, 0.15) is 43.2 Å². The van der Waals surface area contributed by atoms with Crippen LogP contribution in [-0.2, 0) is 10.2 Å². The molecule has 2 rings (SSSR count). The Labute approximate surface area is 112 Å². The topological polar surface area (TPSA) is 46.5 Å². The van der Waals surface area contributed by atoms with Crippen molar-refractivity contribution in [2.24, 2.45) is 0 Å². The van der Waals surface area contributed by atoms with Crippen LogP contribution in [0.3, 0.4) is 0 Å². The number of halogens is 1. The normalized spacial score (nSPS) is 18.1. The molecular formula is C15H19FO3. The van der Waals surface area contributed by atoms with E-state index in [1.807, 2.05) is 0 Å². The molecule has 0 amide bonds. The van der Waals surface area contributed by atoms with Crippen molar-refractivity contribution in [3.8, 4) is 5.75 Å². The fourth-order valence-corrected chi connectivity index (χ4v) is 2.92. The molecule has 1 saturated carbocycles. The number of aliphatic carboxylic acids is 1. The molecule has 1 aromatic rings. The van der Waals surface area contributed by atoms with E-state index in [1.54, 1.807) is 13.0 Å². The van der Waals surface area contributed by atoms with Crippen LogP contribution in [0, 0.1) is 12.7 Å². The summed E-state index contributed by atoms with van der Waals surface area (Å²) in [4.78, 5) is 11.7. The molecule has 0 bridgehead atoms. The second-order valence-electron chi connectivity index (χ2n) is 5.23. The summed E-state index contributed by atoms with van der Waals surface area (Å²) < 4.78 is 19.1. The molecule has 0 heterocycles. The van der Waals surface area contributed by atoms with Crippen LogP contribution in [0.15, 0.2) is 12.1 Å². The first-order valence-corrected chi connectivity index (χ1v) is 6.59. The van der Waals surface area contributed by atoms with E-state index in [2.05, 4.69) is 0 Å². The van der Waals surface area contributed by atoms with Gasteiger partial charge in [0.1, 0.15) is 11.6 Å². The molecule has 0 aromatic heterocycles. The van der Waals surface area contributed by atoms with Crippen LogP contribution < -0.4 is 4.74 Å². The van der Waals surface area contributed by atoms with E-state index in [0.717, 1.165) is 19.3 Å². The van der Waals surface area contributed by atoms with Crippen molar-refractivity contribution in [1.29, 1.82) is 0 Å². The summed E-state index contributed by atoms with van der Waals surface area (Å²) in [6, 6.07) is 3.04. The number of ether oxygens (including phenoxy) is 1. The fraction of sp³-hybridized carbons (Fsp3) is 0.533. The van der Waals surface area contributed by atoms with Gasteiger partial charge in [-0.3, -0.25) is 4.79 Å². The molecule has 0 unspecified atom stereocenters. The lowest BCUT2D eigenvalue weighted by atomic mass is 9.69. The Bertz CT molecular complexity index is 490. The Morgan fingerprint density at radius 2 is 1.95 bits per heavy atom. The molecular weight excluding hydrogens is 247 g/mol. The zero-order valence-electron chi connectivity index (χ0n) is 11.3. The van der Waals surface area contributed by atoms with Gasteiger partial charge in [-0.05, 0) is 37.5 Å². The summed E-state index contributed by atoms with van der Waals surface area (Å²) in [5.41, 5.74) is -0.0117. The molecule has 0 atom stereocenters. The highest BCUT2D eigenvalue weighted by Crippen LogP contribution is 2.41. The minimum absolute atomic E-state index is 0.402. The highest BCUT2D eigenvalue weighted by Gasteiger charge is 2.42. The van der Waals surface area contributed by atoms with Crippen molar-refractivity contribution < 1.29 is 19.0 Å². The van der Waals surface area contributed by atoms with Crippen LogP contribution >= 0.6 is 0 Å². The van der Waals surface area contributed by atoms with Gasteiger partial charge in [0.15, 0.2) is 0 Å². The van der Waals surface area contributed by atoms with Crippen molar-refractivity contribution in [2.75, 3.05) is 7.11 Å². The highest BCUT2D eigenvalue weighted by atomic mass is 19.1. The van der Waals surface area contributed by atoms with E-state index in [9.17, 15) is 14.3 Å². The van der Waals surface area contributed by atoms with Crippen molar-refractivity contribution in [1.82, 2.24) is 0 Å². The smallest absolute Gasteiger partial charge is 0.314 e. The number of carbonyl (C=O) groups is 1. The van der Waals surface area contributed by atoms with Gasteiger partial charge >= 0.3 is 5.97 Å². The molecule has 0 saturated heterocycles. The number of carboxylic acids is 1. The lowest BCUT2D eigenvalue weighted by Gasteiger charge is -2.34. The molecule has 0 aliphatic heterocycles. The zero-order valence-corrected chi connectivity index (χ0v) is 11.3. The summed E-state index contributed by atoms with van der Waals surface area (Å²) in [7, 11) is 1.47. The van der Waals surface area contributed by atoms with Crippen LogP contribution in [-0.4, -0.2) is 18.2 Å². The molecule has 3 nitrogen and oxygen atoms in total. The second-order valence-corrected chi connectivity index (χ2v) is 5.23. The third kappa shape index (κ3) is 2.31. The first kappa shape index (κ1) is 13.8. The quantitative estimate of drug-likeness (QED) is 0.911. The average molecular weight is 266 g/mol. The lowest BCUT2D eigenvalue weighted by Crippen LogP contribution is -2.38. The number of benzene rings is 1. The van der Waals surface area contributed by atoms with Gasteiger partial charge < -0.3 is 9.84 Å². The van der Waals surface area contributed by atoms with E-state index < -0.39 is 17.2 Å². The maximum absolute atomic E-state index is 13.9. The van der Waals surface area contributed by atoms with Gasteiger partial charge in [0.2, 0.25) is 0 Å². The van der Waals surface area contributed by atoms with Crippen LogP contribution in [0.5, 0.6) is 5.75 Å². The molecule has 1 aliphatic rings. The minimum Gasteiger partial charge on any atom is -0.496 e. The van der Waals surface area contributed by atoms with Crippen LogP contribution in [0.2, 0.25) is 0 Å². The Hall–Kier alpha value is -1.58. The van der Waals surface area contributed by atoms with E-state index in [4.69, 9.17) is 4.74 Å². The Balaban J connectivity index is 2.54. The third-order valence-corrected chi connectivity index (χ3v) is 4.19. The predicted molar refractivity (Wildman–Crippen MR) is 70.1 cm³/mol. The van der Waals surface area contributed by atoms with Gasteiger partial charge in [0, 0.05) is 5.56 Å². The summed E-state index contributed by atoms with van der Waals surface area (Å²) in [6.45, 7) is 1.63. The first-order chi connectivity index (χ1) is 9.01. The third-order valence-electron chi connectivity index (χ3n) is 4.19. The number of hydrogen-bond acceptors (Lipinski definition) is 2. The van der Waals surface area contributed by atoms with Gasteiger partial charge in [-0.25, -0.2) is 4.39 Å². The first-order valence-electron chi connectivity index (χ1n) is 6.59.